The van der Waals surface area contributed by atoms with Crippen molar-refractivity contribution in [3.05, 3.63) is 45.9 Å². The minimum Gasteiger partial charge on any atom is -0.392 e. The summed E-state index contributed by atoms with van der Waals surface area (Å²) in [5.41, 5.74) is 0.560. The highest BCUT2D eigenvalue weighted by Crippen LogP contribution is 2.24. The minimum atomic E-state index is -4.04. The maximum atomic E-state index is 14.1. The Bertz CT molecular complexity index is 761. The van der Waals surface area contributed by atoms with Gasteiger partial charge in [-0.1, -0.05) is 15.9 Å². The van der Waals surface area contributed by atoms with Crippen molar-refractivity contribution >= 4 is 26.0 Å². The third-order valence-electron chi connectivity index (χ3n) is 2.76. The molecule has 2 rings (SSSR count). The van der Waals surface area contributed by atoms with E-state index in [2.05, 4.69) is 25.8 Å². The number of rotatable bonds is 5. The second-order valence-electron chi connectivity index (χ2n) is 4.38. The standard InChI is InChI=1S/C12H13BrFN3O3S/c1-17-6-8(4-15-17)5-16-21(19,20)11-3-10(13)2-9(7-18)12(11)14/h2-4,6,16,18H,5,7H2,1H3. The molecule has 1 aromatic carbocycles. The van der Waals surface area contributed by atoms with E-state index in [0.717, 1.165) is 6.07 Å². The zero-order valence-electron chi connectivity index (χ0n) is 11.0. The van der Waals surface area contributed by atoms with E-state index >= 15 is 0 Å². The van der Waals surface area contributed by atoms with Gasteiger partial charge in [0.2, 0.25) is 10.0 Å². The molecule has 0 saturated heterocycles. The molecule has 0 aliphatic heterocycles. The number of aromatic nitrogens is 2. The van der Waals surface area contributed by atoms with Crippen molar-refractivity contribution in [2.75, 3.05) is 0 Å². The molecule has 6 nitrogen and oxygen atoms in total. The van der Waals surface area contributed by atoms with Gasteiger partial charge in [0.25, 0.3) is 0 Å². The first-order chi connectivity index (χ1) is 9.83. The molecule has 0 amide bonds. The van der Waals surface area contributed by atoms with Gasteiger partial charge in [0, 0.05) is 35.4 Å². The van der Waals surface area contributed by atoms with E-state index in [1.54, 1.807) is 13.2 Å². The SMILES string of the molecule is Cn1cc(CNS(=O)(=O)c2cc(Br)cc(CO)c2F)cn1. The van der Waals surface area contributed by atoms with Crippen LogP contribution in [0.1, 0.15) is 11.1 Å². The Hall–Kier alpha value is -1.29. The van der Waals surface area contributed by atoms with Gasteiger partial charge in [0.05, 0.1) is 12.8 Å². The number of aliphatic hydroxyl groups excluding tert-OH is 1. The number of sulfonamides is 1. The predicted octanol–water partition coefficient (Wildman–Crippen LogP) is 1.29. The Labute approximate surface area is 129 Å². The van der Waals surface area contributed by atoms with Crippen LogP contribution in [0.3, 0.4) is 0 Å². The summed E-state index contributed by atoms with van der Waals surface area (Å²) in [5, 5.41) is 13.0. The summed E-state index contributed by atoms with van der Waals surface area (Å²) >= 11 is 3.10. The van der Waals surface area contributed by atoms with Crippen LogP contribution in [0.15, 0.2) is 33.9 Å². The van der Waals surface area contributed by atoms with Crippen LogP contribution >= 0.6 is 15.9 Å². The van der Waals surface area contributed by atoms with E-state index in [1.165, 1.54) is 16.9 Å². The Morgan fingerprint density at radius 1 is 1.48 bits per heavy atom. The van der Waals surface area contributed by atoms with E-state index in [9.17, 15) is 12.8 Å². The van der Waals surface area contributed by atoms with Gasteiger partial charge in [-0.25, -0.2) is 17.5 Å². The zero-order valence-corrected chi connectivity index (χ0v) is 13.4. The molecule has 1 heterocycles. The summed E-state index contributed by atoms with van der Waals surface area (Å²) in [6, 6.07) is 2.48. The van der Waals surface area contributed by atoms with Crippen molar-refractivity contribution in [3.63, 3.8) is 0 Å². The summed E-state index contributed by atoms with van der Waals surface area (Å²) in [4.78, 5) is -0.509. The summed E-state index contributed by atoms with van der Waals surface area (Å²) < 4.78 is 42.6. The first-order valence-corrected chi connectivity index (χ1v) is 8.17. The highest BCUT2D eigenvalue weighted by Gasteiger charge is 2.22. The molecule has 21 heavy (non-hydrogen) atoms. The second-order valence-corrected chi connectivity index (χ2v) is 7.03. The van der Waals surface area contributed by atoms with Gasteiger partial charge >= 0.3 is 0 Å². The molecule has 2 aromatic rings. The van der Waals surface area contributed by atoms with E-state index in [4.69, 9.17) is 5.11 Å². The van der Waals surface area contributed by atoms with Gasteiger partial charge in [-0.15, -0.1) is 0 Å². The van der Waals surface area contributed by atoms with Crippen molar-refractivity contribution in [1.82, 2.24) is 14.5 Å². The summed E-state index contributed by atoms with van der Waals surface area (Å²) in [5.74, 6) is -0.959. The van der Waals surface area contributed by atoms with Crippen LogP contribution in [0.4, 0.5) is 4.39 Å². The summed E-state index contributed by atoms with van der Waals surface area (Å²) in [6.45, 7) is -0.590. The number of aryl methyl sites for hydroxylation is 1. The molecule has 0 aliphatic rings. The third-order valence-corrected chi connectivity index (χ3v) is 4.62. The molecule has 0 saturated carbocycles. The van der Waals surface area contributed by atoms with Crippen molar-refractivity contribution in [2.45, 2.75) is 18.0 Å². The first kappa shape index (κ1) is 16.1. The monoisotopic (exact) mass is 377 g/mol. The van der Waals surface area contributed by atoms with Crippen LogP contribution in [-0.2, 0) is 30.2 Å². The summed E-state index contributed by atoms with van der Waals surface area (Å²) in [7, 11) is -2.33. The van der Waals surface area contributed by atoms with Crippen molar-refractivity contribution in [1.29, 1.82) is 0 Å². The maximum absolute atomic E-state index is 14.1. The van der Waals surface area contributed by atoms with Gasteiger partial charge in [-0.2, -0.15) is 5.10 Å². The number of hydrogen-bond acceptors (Lipinski definition) is 4. The van der Waals surface area contributed by atoms with Gasteiger partial charge in [-0.05, 0) is 12.1 Å². The van der Waals surface area contributed by atoms with Gasteiger partial charge in [-0.3, -0.25) is 4.68 Å². The Balaban J connectivity index is 2.29. The van der Waals surface area contributed by atoms with Gasteiger partial charge in [0.15, 0.2) is 0 Å². The fourth-order valence-electron chi connectivity index (χ4n) is 1.75. The highest BCUT2D eigenvalue weighted by atomic mass is 79.9. The number of hydrogen-bond donors (Lipinski definition) is 2. The minimum absolute atomic E-state index is 0.00339. The lowest BCUT2D eigenvalue weighted by Gasteiger charge is -2.10. The number of aliphatic hydroxyl groups is 1. The molecule has 114 valence electrons. The Morgan fingerprint density at radius 2 is 2.19 bits per heavy atom. The van der Waals surface area contributed by atoms with E-state index in [0.29, 0.717) is 10.0 Å². The molecule has 1 aromatic heterocycles. The fraction of sp³-hybridized carbons (Fsp3) is 0.250. The molecular formula is C12H13BrFN3O3S. The highest BCUT2D eigenvalue weighted by molar-refractivity contribution is 9.10. The largest absolute Gasteiger partial charge is 0.392 e. The molecule has 0 radical (unpaired) electrons. The maximum Gasteiger partial charge on any atom is 0.243 e. The molecule has 0 atom stereocenters. The van der Waals surface area contributed by atoms with E-state index in [-0.39, 0.29) is 12.1 Å². The summed E-state index contributed by atoms with van der Waals surface area (Å²) in [6.07, 6.45) is 3.16. The zero-order chi connectivity index (χ0) is 15.6. The van der Waals surface area contributed by atoms with Gasteiger partial charge in [0.1, 0.15) is 10.7 Å². The van der Waals surface area contributed by atoms with Crippen molar-refractivity contribution in [3.8, 4) is 0 Å². The average Bonchev–Trinajstić information content (AvgIpc) is 2.84. The lowest BCUT2D eigenvalue weighted by Crippen LogP contribution is -2.24. The van der Waals surface area contributed by atoms with Crippen LogP contribution in [0.5, 0.6) is 0 Å². The Kier molecular flexibility index (Phi) is 4.77. The second kappa shape index (κ2) is 6.22. The lowest BCUT2D eigenvalue weighted by molar-refractivity contribution is 0.274. The number of halogens is 2. The average molecular weight is 378 g/mol. The van der Waals surface area contributed by atoms with Crippen LogP contribution in [0.2, 0.25) is 0 Å². The molecule has 0 spiro atoms. The van der Waals surface area contributed by atoms with Crippen molar-refractivity contribution in [2.24, 2.45) is 7.05 Å². The molecule has 0 unspecified atom stereocenters. The molecule has 2 N–H and O–H groups in total. The molecule has 9 heteroatoms. The molecule has 0 fully saturated rings. The van der Waals surface area contributed by atoms with Crippen LogP contribution in [-0.4, -0.2) is 23.3 Å². The smallest absolute Gasteiger partial charge is 0.243 e. The molecular weight excluding hydrogens is 365 g/mol. The number of nitrogens with one attached hydrogen (secondary N) is 1. The third kappa shape index (κ3) is 3.67. The van der Waals surface area contributed by atoms with E-state index in [1.807, 2.05) is 0 Å². The van der Waals surface area contributed by atoms with Crippen molar-refractivity contribution < 1.29 is 17.9 Å². The van der Waals surface area contributed by atoms with Gasteiger partial charge < -0.3 is 5.11 Å². The predicted molar refractivity (Wildman–Crippen MR) is 77.3 cm³/mol. The topological polar surface area (TPSA) is 84.2 Å². The molecule has 0 bridgehead atoms. The van der Waals surface area contributed by atoms with Crippen LogP contribution in [0, 0.1) is 5.82 Å². The number of nitrogens with zero attached hydrogens (tertiary/aromatic N) is 2. The quantitative estimate of drug-likeness (QED) is 0.822. The lowest BCUT2D eigenvalue weighted by atomic mass is 10.2. The normalized spacial score (nSPS) is 11.8. The fourth-order valence-corrected chi connectivity index (χ4v) is 3.57. The van der Waals surface area contributed by atoms with E-state index < -0.39 is 27.3 Å². The van der Waals surface area contributed by atoms with Crippen LogP contribution < -0.4 is 4.72 Å². The number of benzene rings is 1. The molecule has 0 aliphatic carbocycles. The Morgan fingerprint density at radius 3 is 2.76 bits per heavy atom. The first-order valence-electron chi connectivity index (χ1n) is 5.89. The van der Waals surface area contributed by atoms with Crippen LogP contribution in [0.25, 0.3) is 0 Å².